The summed E-state index contributed by atoms with van der Waals surface area (Å²) < 4.78 is 5.71. The summed E-state index contributed by atoms with van der Waals surface area (Å²) in [6.07, 6.45) is 2.91. The van der Waals surface area contributed by atoms with Crippen molar-refractivity contribution in [1.29, 1.82) is 0 Å². The highest BCUT2D eigenvalue weighted by Gasteiger charge is 2.16. The summed E-state index contributed by atoms with van der Waals surface area (Å²) >= 11 is 6.38. The number of hydrogen-bond acceptors (Lipinski definition) is 2. The van der Waals surface area contributed by atoms with Gasteiger partial charge in [0.15, 0.2) is 0 Å². The van der Waals surface area contributed by atoms with Crippen LogP contribution in [0, 0.1) is 0 Å². The van der Waals surface area contributed by atoms with Gasteiger partial charge in [-0.25, -0.2) is 0 Å². The number of rotatable bonds is 7. The van der Waals surface area contributed by atoms with E-state index >= 15 is 0 Å². The second-order valence-electron chi connectivity index (χ2n) is 5.11. The Kier molecular flexibility index (Phi) is 9.28. The molecule has 2 nitrogen and oxygen atoms in total. The normalized spacial score (nSPS) is 13.5. The maximum absolute atomic E-state index is 6.38. The van der Waals surface area contributed by atoms with Crippen molar-refractivity contribution in [2.75, 3.05) is 6.61 Å². The molecule has 116 valence electrons. The molecule has 2 unspecified atom stereocenters. The molecule has 0 heterocycles. The topological polar surface area (TPSA) is 35.2 Å². The van der Waals surface area contributed by atoms with Crippen molar-refractivity contribution in [3.63, 3.8) is 0 Å². The van der Waals surface area contributed by atoms with Gasteiger partial charge in [-0.2, -0.15) is 0 Å². The molecule has 0 radical (unpaired) electrons. The van der Waals surface area contributed by atoms with Gasteiger partial charge in [0, 0.05) is 6.04 Å². The third kappa shape index (κ3) is 5.16. The van der Waals surface area contributed by atoms with Gasteiger partial charge in [0.1, 0.15) is 5.75 Å². The summed E-state index contributed by atoms with van der Waals surface area (Å²) in [6.45, 7) is 9.11. The third-order valence-corrected chi connectivity index (χ3v) is 3.87. The van der Waals surface area contributed by atoms with Gasteiger partial charge in [0.25, 0.3) is 0 Å². The van der Waals surface area contributed by atoms with Crippen LogP contribution in [0.4, 0.5) is 0 Å². The van der Waals surface area contributed by atoms with Crippen molar-refractivity contribution in [3.05, 3.63) is 28.3 Å². The van der Waals surface area contributed by atoms with Gasteiger partial charge >= 0.3 is 0 Å². The molecule has 1 aromatic carbocycles. The van der Waals surface area contributed by atoms with E-state index in [9.17, 15) is 0 Å². The van der Waals surface area contributed by atoms with Crippen LogP contribution < -0.4 is 10.5 Å². The molecular formula is C16H27Cl2NO. The smallest absolute Gasteiger partial charge is 0.141 e. The highest BCUT2D eigenvalue weighted by atomic mass is 35.5. The predicted molar refractivity (Wildman–Crippen MR) is 90.5 cm³/mol. The van der Waals surface area contributed by atoms with Gasteiger partial charge in [0.2, 0.25) is 0 Å². The van der Waals surface area contributed by atoms with Crippen molar-refractivity contribution in [3.8, 4) is 5.75 Å². The minimum Gasteiger partial charge on any atom is -0.492 e. The Hall–Kier alpha value is -0.440. The molecule has 0 saturated heterocycles. The van der Waals surface area contributed by atoms with Crippen LogP contribution in [0.3, 0.4) is 0 Å². The summed E-state index contributed by atoms with van der Waals surface area (Å²) in [4.78, 5) is 0. The van der Waals surface area contributed by atoms with Crippen molar-refractivity contribution in [1.82, 2.24) is 0 Å². The molecule has 0 fully saturated rings. The molecule has 1 aromatic rings. The van der Waals surface area contributed by atoms with Gasteiger partial charge in [0.05, 0.1) is 11.6 Å². The zero-order chi connectivity index (χ0) is 14.4. The Morgan fingerprint density at radius 3 is 2.35 bits per heavy atom. The van der Waals surface area contributed by atoms with E-state index in [0.717, 1.165) is 25.0 Å². The van der Waals surface area contributed by atoms with E-state index in [0.29, 0.717) is 17.5 Å². The molecule has 2 N–H and O–H groups in total. The first-order chi connectivity index (χ1) is 9.03. The number of ether oxygens (including phenoxy) is 1. The molecule has 2 atom stereocenters. The SMILES string of the molecule is CCOc1c(Cl)cc(CC(N)CC)cc1C(C)CC.Cl. The average Bonchev–Trinajstić information content (AvgIpc) is 2.40. The Morgan fingerprint density at radius 2 is 1.85 bits per heavy atom. The summed E-state index contributed by atoms with van der Waals surface area (Å²) in [5, 5.41) is 0.706. The minimum atomic E-state index is 0. The Balaban J connectivity index is 0.00000361. The van der Waals surface area contributed by atoms with Crippen LogP contribution in [-0.2, 0) is 6.42 Å². The minimum absolute atomic E-state index is 0. The van der Waals surface area contributed by atoms with E-state index in [2.05, 4.69) is 26.8 Å². The Labute approximate surface area is 134 Å². The molecule has 20 heavy (non-hydrogen) atoms. The van der Waals surface area contributed by atoms with E-state index in [1.807, 2.05) is 13.0 Å². The molecular weight excluding hydrogens is 293 g/mol. The van der Waals surface area contributed by atoms with Crippen molar-refractivity contribution in [2.45, 2.75) is 58.9 Å². The lowest BCUT2D eigenvalue weighted by molar-refractivity contribution is 0.334. The highest BCUT2D eigenvalue weighted by molar-refractivity contribution is 6.32. The molecule has 1 rings (SSSR count). The lowest BCUT2D eigenvalue weighted by Crippen LogP contribution is -2.21. The molecule has 0 aliphatic rings. The highest BCUT2D eigenvalue weighted by Crippen LogP contribution is 2.36. The second kappa shape index (κ2) is 9.49. The average molecular weight is 320 g/mol. The van der Waals surface area contributed by atoms with Crippen LogP contribution in [0.1, 0.15) is 57.6 Å². The maximum atomic E-state index is 6.38. The molecule has 0 aliphatic carbocycles. The fraction of sp³-hybridized carbons (Fsp3) is 0.625. The first-order valence-electron chi connectivity index (χ1n) is 7.24. The molecule has 0 amide bonds. The van der Waals surface area contributed by atoms with Crippen LogP contribution in [-0.4, -0.2) is 12.6 Å². The van der Waals surface area contributed by atoms with Gasteiger partial charge in [-0.1, -0.05) is 38.4 Å². The second-order valence-corrected chi connectivity index (χ2v) is 5.52. The van der Waals surface area contributed by atoms with E-state index in [-0.39, 0.29) is 18.4 Å². The standard InChI is InChI=1S/C16H26ClNO.ClH/c1-5-11(4)14-9-12(8-13(18)6-2)10-15(17)16(14)19-7-3;/h9-11,13H,5-8,18H2,1-4H3;1H. The van der Waals surface area contributed by atoms with Crippen LogP contribution in [0.2, 0.25) is 5.02 Å². The number of benzene rings is 1. The predicted octanol–water partition coefficient (Wildman–Crippen LogP) is 4.95. The van der Waals surface area contributed by atoms with E-state index in [1.54, 1.807) is 0 Å². The van der Waals surface area contributed by atoms with Crippen molar-refractivity contribution in [2.24, 2.45) is 5.73 Å². The number of nitrogens with two attached hydrogens (primary N) is 1. The first kappa shape index (κ1) is 19.6. The van der Waals surface area contributed by atoms with Crippen LogP contribution in [0.25, 0.3) is 0 Å². The van der Waals surface area contributed by atoms with Gasteiger partial charge in [-0.15, -0.1) is 12.4 Å². The third-order valence-electron chi connectivity index (χ3n) is 3.59. The zero-order valence-corrected chi connectivity index (χ0v) is 14.5. The van der Waals surface area contributed by atoms with Crippen LogP contribution in [0.5, 0.6) is 5.75 Å². The van der Waals surface area contributed by atoms with Gasteiger partial charge in [-0.05, 0) is 49.3 Å². The van der Waals surface area contributed by atoms with Crippen molar-refractivity contribution < 1.29 is 4.74 Å². The largest absolute Gasteiger partial charge is 0.492 e. The Morgan fingerprint density at radius 1 is 1.20 bits per heavy atom. The Bertz CT molecular complexity index is 410. The molecule has 4 heteroatoms. The van der Waals surface area contributed by atoms with E-state index in [4.69, 9.17) is 22.1 Å². The summed E-state index contributed by atoms with van der Waals surface area (Å²) in [7, 11) is 0. The zero-order valence-electron chi connectivity index (χ0n) is 12.9. The monoisotopic (exact) mass is 319 g/mol. The fourth-order valence-corrected chi connectivity index (χ4v) is 2.42. The molecule has 0 aromatic heterocycles. The van der Waals surface area contributed by atoms with Gasteiger partial charge < -0.3 is 10.5 Å². The first-order valence-corrected chi connectivity index (χ1v) is 7.61. The molecule has 0 aliphatic heterocycles. The lowest BCUT2D eigenvalue weighted by atomic mass is 9.93. The number of halogens is 2. The van der Waals surface area contributed by atoms with Crippen LogP contribution >= 0.6 is 24.0 Å². The summed E-state index contributed by atoms with van der Waals surface area (Å²) in [5.74, 6) is 1.28. The lowest BCUT2D eigenvalue weighted by Gasteiger charge is -2.19. The summed E-state index contributed by atoms with van der Waals surface area (Å²) in [6, 6.07) is 4.40. The van der Waals surface area contributed by atoms with Gasteiger partial charge in [-0.3, -0.25) is 0 Å². The quantitative estimate of drug-likeness (QED) is 0.771. The van der Waals surface area contributed by atoms with E-state index < -0.39 is 0 Å². The molecule has 0 bridgehead atoms. The molecule has 0 saturated carbocycles. The number of hydrogen-bond donors (Lipinski definition) is 1. The maximum Gasteiger partial charge on any atom is 0.141 e. The van der Waals surface area contributed by atoms with E-state index in [1.165, 1.54) is 11.1 Å². The van der Waals surface area contributed by atoms with Crippen molar-refractivity contribution >= 4 is 24.0 Å². The summed E-state index contributed by atoms with van der Waals surface area (Å²) in [5.41, 5.74) is 8.45. The van der Waals surface area contributed by atoms with Crippen LogP contribution in [0.15, 0.2) is 12.1 Å². The molecule has 0 spiro atoms. The fourth-order valence-electron chi connectivity index (χ4n) is 2.12.